The standard InChI is InChI=1S/C14H24N4/c1-14(2,3)12-8-13(16-9-15-12)17-10-6-11(7-10)18(4)5/h8-11H,6-7H2,1-5H3,(H,15,16,17)/t10-,11+. The van der Waals surface area contributed by atoms with Crippen molar-refractivity contribution in [1.29, 1.82) is 0 Å². The highest BCUT2D eigenvalue weighted by Crippen LogP contribution is 2.27. The molecule has 1 aliphatic rings. The molecule has 0 bridgehead atoms. The largest absolute Gasteiger partial charge is 0.367 e. The summed E-state index contributed by atoms with van der Waals surface area (Å²) >= 11 is 0. The molecule has 18 heavy (non-hydrogen) atoms. The molecular formula is C14H24N4. The molecule has 0 spiro atoms. The summed E-state index contributed by atoms with van der Waals surface area (Å²) in [6, 6.07) is 3.34. The first-order valence-electron chi connectivity index (χ1n) is 6.62. The van der Waals surface area contributed by atoms with Gasteiger partial charge in [0.15, 0.2) is 0 Å². The lowest BCUT2D eigenvalue weighted by atomic mass is 9.86. The zero-order valence-corrected chi connectivity index (χ0v) is 12.1. The topological polar surface area (TPSA) is 41.0 Å². The second-order valence-electron chi connectivity index (χ2n) is 6.47. The zero-order valence-electron chi connectivity index (χ0n) is 12.1. The van der Waals surface area contributed by atoms with Crippen LogP contribution in [-0.2, 0) is 5.41 Å². The van der Waals surface area contributed by atoms with Gasteiger partial charge in [0.2, 0.25) is 0 Å². The number of hydrogen-bond donors (Lipinski definition) is 1. The van der Waals surface area contributed by atoms with Crippen LogP contribution in [-0.4, -0.2) is 41.0 Å². The summed E-state index contributed by atoms with van der Waals surface area (Å²) in [5.41, 5.74) is 1.16. The molecule has 1 N–H and O–H groups in total. The monoisotopic (exact) mass is 248 g/mol. The molecule has 0 atom stereocenters. The molecule has 4 heteroatoms. The van der Waals surface area contributed by atoms with Gasteiger partial charge in [-0.15, -0.1) is 0 Å². The van der Waals surface area contributed by atoms with Gasteiger partial charge in [0, 0.05) is 23.6 Å². The van der Waals surface area contributed by atoms with Crippen molar-refractivity contribution < 1.29 is 0 Å². The first-order valence-corrected chi connectivity index (χ1v) is 6.62. The summed E-state index contributed by atoms with van der Waals surface area (Å²) in [6.07, 6.45) is 4.05. The third-order valence-corrected chi connectivity index (χ3v) is 3.63. The first-order chi connectivity index (χ1) is 8.36. The molecule has 1 heterocycles. The van der Waals surface area contributed by atoms with E-state index in [1.165, 1.54) is 12.8 Å². The lowest BCUT2D eigenvalue weighted by Gasteiger charge is -2.40. The predicted molar refractivity (Wildman–Crippen MR) is 74.9 cm³/mol. The summed E-state index contributed by atoms with van der Waals surface area (Å²) in [5.74, 6) is 0.956. The molecule has 0 radical (unpaired) electrons. The van der Waals surface area contributed by atoms with Crippen molar-refractivity contribution in [2.45, 2.75) is 51.1 Å². The van der Waals surface area contributed by atoms with Crippen LogP contribution in [0.3, 0.4) is 0 Å². The van der Waals surface area contributed by atoms with Crippen molar-refractivity contribution in [2.24, 2.45) is 0 Å². The maximum Gasteiger partial charge on any atom is 0.129 e. The van der Waals surface area contributed by atoms with Gasteiger partial charge in [-0.3, -0.25) is 0 Å². The number of rotatable bonds is 3. The Morgan fingerprint density at radius 3 is 2.44 bits per heavy atom. The third-order valence-electron chi connectivity index (χ3n) is 3.63. The molecule has 4 nitrogen and oxygen atoms in total. The van der Waals surface area contributed by atoms with Gasteiger partial charge in [0.25, 0.3) is 0 Å². The van der Waals surface area contributed by atoms with Crippen LogP contribution in [0.5, 0.6) is 0 Å². The van der Waals surface area contributed by atoms with Gasteiger partial charge in [-0.1, -0.05) is 20.8 Å². The van der Waals surface area contributed by atoms with E-state index in [-0.39, 0.29) is 5.41 Å². The van der Waals surface area contributed by atoms with Crippen molar-refractivity contribution in [2.75, 3.05) is 19.4 Å². The number of hydrogen-bond acceptors (Lipinski definition) is 4. The lowest BCUT2D eigenvalue weighted by molar-refractivity contribution is 0.177. The minimum atomic E-state index is 0.0746. The van der Waals surface area contributed by atoms with Gasteiger partial charge in [-0.2, -0.15) is 0 Å². The molecule has 1 fully saturated rings. The highest BCUT2D eigenvalue weighted by Gasteiger charge is 2.30. The fraction of sp³-hybridized carbons (Fsp3) is 0.714. The van der Waals surface area contributed by atoms with Crippen molar-refractivity contribution in [3.63, 3.8) is 0 Å². The average Bonchev–Trinajstić information content (AvgIpc) is 2.21. The van der Waals surface area contributed by atoms with Crippen LogP contribution in [0.25, 0.3) is 0 Å². The van der Waals surface area contributed by atoms with E-state index in [1.54, 1.807) is 6.33 Å². The van der Waals surface area contributed by atoms with Gasteiger partial charge in [-0.05, 0) is 26.9 Å². The van der Waals surface area contributed by atoms with Crippen LogP contribution in [0, 0.1) is 0 Å². The molecule has 0 unspecified atom stereocenters. The summed E-state index contributed by atoms with van der Waals surface area (Å²) in [7, 11) is 4.28. The van der Waals surface area contributed by atoms with Crippen LogP contribution in [0.2, 0.25) is 0 Å². The van der Waals surface area contributed by atoms with Crippen LogP contribution in [0.4, 0.5) is 5.82 Å². The van der Waals surface area contributed by atoms with Crippen LogP contribution >= 0.6 is 0 Å². The van der Waals surface area contributed by atoms with Gasteiger partial charge in [-0.25, -0.2) is 9.97 Å². The van der Waals surface area contributed by atoms with Gasteiger partial charge < -0.3 is 10.2 Å². The van der Waals surface area contributed by atoms with Crippen molar-refractivity contribution in [1.82, 2.24) is 14.9 Å². The second kappa shape index (κ2) is 4.84. The number of anilines is 1. The average molecular weight is 248 g/mol. The van der Waals surface area contributed by atoms with Crippen molar-refractivity contribution >= 4 is 5.82 Å². The molecule has 1 saturated carbocycles. The molecule has 0 aliphatic heterocycles. The van der Waals surface area contributed by atoms with E-state index in [0.717, 1.165) is 11.5 Å². The molecule has 1 aromatic rings. The smallest absolute Gasteiger partial charge is 0.129 e. The molecule has 0 aromatic carbocycles. The summed E-state index contributed by atoms with van der Waals surface area (Å²) in [4.78, 5) is 10.9. The Kier molecular flexibility index (Phi) is 3.57. The minimum Gasteiger partial charge on any atom is -0.367 e. The fourth-order valence-electron chi connectivity index (χ4n) is 2.18. The minimum absolute atomic E-state index is 0.0746. The maximum absolute atomic E-state index is 4.35. The SMILES string of the molecule is CN(C)[C@H]1C[C@@H](Nc2cc(C(C)(C)C)ncn2)C1. The molecule has 100 valence electrons. The highest BCUT2D eigenvalue weighted by atomic mass is 15.1. The maximum atomic E-state index is 4.35. The molecule has 1 aliphatic carbocycles. The van der Waals surface area contributed by atoms with E-state index in [2.05, 4.69) is 61.1 Å². The van der Waals surface area contributed by atoms with Crippen molar-refractivity contribution in [3.8, 4) is 0 Å². The predicted octanol–water partition coefficient (Wildman–Crippen LogP) is 2.28. The Morgan fingerprint density at radius 2 is 1.89 bits per heavy atom. The second-order valence-corrected chi connectivity index (χ2v) is 6.47. The molecular weight excluding hydrogens is 224 g/mol. The summed E-state index contributed by atoms with van der Waals surface area (Å²) in [5, 5.41) is 3.50. The third kappa shape index (κ3) is 2.99. The van der Waals surface area contributed by atoms with Crippen LogP contribution in [0.15, 0.2) is 12.4 Å². The van der Waals surface area contributed by atoms with Gasteiger partial charge >= 0.3 is 0 Å². The van der Waals surface area contributed by atoms with E-state index in [1.807, 2.05) is 0 Å². The normalized spacial score (nSPS) is 23.9. The molecule has 2 rings (SSSR count). The van der Waals surface area contributed by atoms with E-state index >= 15 is 0 Å². The van der Waals surface area contributed by atoms with Gasteiger partial charge in [0.1, 0.15) is 12.1 Å². The number of nitrogens with zero attached hydrogens (tertiary/aromatic N) is 3. The number of aromatic nitrogens is 2. The Balaban J connectivity index is 1.95. The summed E-state index contributed by atoms with van der Waals surface area (Å²) < 4.78 is 0. The zero-order chi connectivity index (χ0) is 13.3. The molecule has 0 saturated heterocycles. The molecule has 0 amide bonds. The Labute approximate surface area is 110 Å². The quantitative estimate of drug-likeness (QED) is 0.891. The van der Waals surface area contributed by atoms with Crippen molar-refractivity contribution in [3.05, 3.63) is 18.1 Å². The Hall–Kier alpha value is -1.16. The van der Waals surface area contributed by atoms with E-state index in [0.29, 0.717) is 12.1 Å². The highest BCUT2D eigenvalue weighted by molar-refractivity contribution is 5.38. The summed E-state index contributed by atoms with van der Waals surface area (Å²) in [6.45, 7) is 6.51. The van der Waals surface area contributed by atoms with E-state index < -0.39 is 0 Å². The first kappa shape index (κ1) is 13.3. The fourth-order valence-corrected chi connectivity index (χ4v) is 2.18. The Morgan fingerprint density at radius 1 is 1.22 bits per heavy atom. The van der Waals surface area contributed by atoms with E-state index in [9.17, 15) is 0 Å². The number of nitrogens with one attached hydrogen (secondary N) is 1. The van der Waals surface area contributed by atoms with Gasteiger partial charge in [0.05, 0.1) is 5.69 Å². The lowest BCUT2D eigenvalue weighted by Crippen LogP contribution is -2.47. The molecule has 1 aromatic heterocycles. The van der Waals surface area contributed by atoms with Crippen LogP contribution < -0.4 is 5.32 Å². The van der Waals surface area contributed by atoms with E-state index in [4.69, 9.17) is 0 Å². The van der Waals surface area contributed by atoms with Crippen LogP contribution in [0.1, 0.15) is 39.3 Å². The Bertz CT molecular complexity index is 403.